The molecule has 0 aliphatic carbocycles. The van der Waals surface area contributed by atoms with E-state index in [9.17, 15) is 9.59 Å². The van der Waals surface area contributed by atoms with Gasteiger partial charge >= 0.3 is 5.97 Å². The van der Waals surface area contributed by atoms with Gasteiger partial charge in [0, 0.05) is 28.9 Å². The molecular formula is C18H18ClNO6. The van der Waals surface area contributed by atoms with Gasteiger partial charge in [-0.2, -0.15) is 0 Å². The Morgan fingerprint density at radius 2 is 1.62 bits per heavy atom. The van der Waals surface area contributed by atoms with Crippen molar-refractivity contribution < 1.29 is 28.5 Å². The molecule has 1 N–H and O–H groups in total. The molecule has 0 heterocycles. The van der Waals surface area contributed by atoms with Crippen molar-refractivity contribution in [1.29, 1.82) is 0 Å². The fraction of sp³-hybridized carbons (Fsp3) is 0.222. The van der Waals surface area contributed by atoms with Crippen molar-refractivity contribution in [2.75, 3.05) is 33.3 Å². The van der Waals surface area contributed by atoms with Gasteiger partial charge in [0.1, 0.15) is 22.8 Å². The number of rotatable bonds is 7. The van der Waals surface area contributed by atoms with Crippen LogP contribution >= 0.6 is 11.6 Å². The number of amides is 1. The van der Waals surface area contributed by atoms with E-state index in [0.29, 0.717) is 28.0 Å². The zero-order valence-electron chi connectivity index (χ0n) is 14.5. The van der Waals surface area contributed by atoms with Gasteiger partial charge in [0.2, 0.25) is 0 Å². The zero-order chi connectivity index (χ0) is 19.1. The lowest BCUT2D eigenvalue weighted by molar-refractivity contribution is -0.119. The maximum absolute atomic E-state index is 12.2. The van der Waals surface area contributed by atoms with Crippen LogP contribution in [0.2, 0.25) is 5.02 Å². The molecule has 0 saturated carbocycles. The van der Waals surface area contributed by atoms with Crippen LogP contribution in [0.5, 0.6) is 17.2 Å². The number of carbonyl (C=O) groups excluding carboxylic acids is 2. The predicted octanol–water partition coefficient (Wildman–Crippen LogP) is 3.16. The first-order chi connectivity index (χ1) is 12.5. The minimum absolute atomic E-state index is 0.135. The molecule has 8 heteroatoms. The first-order valence-corrected chi connectivity index (χ1v) is 7.88. The van der Waals surface area contributed by atoms with Gasteiger partial charge in [-0.25, -0.2) is 4.79 Å². The van der Waals surface area contributed by atoms with Crippen molar-refractivity contribution in [3.8, 4) is 17.2 Å². The summed E-state index contributed by atoms with van der Waals surface area (Å²) in [6.07, 6.45) is 0. The van der Waals surface area contributed by atoms with Crippen molar-refractivity contribution in [3.63, 3.8) is 0 Å². The minimum atomic E-state index is -0.720. The molecule has 2 aromatic carbocycles. The molecule has 1 amide bonds. The number of hydrogen-bond acceptors (Lipinski definition) is 6. The fourth-order valence-corrected chi connectivity index (χ4v) is 2.30. The van der Waals surface area contributed by atoms with Crippen molar-refractivity contribution >= 4 is 29.2 Å². The normalized spacial score (nSPS) is 10.0. The number of carbonyl (C=O) groups is 2. The van der Waals surface area contributed by atoms with Crippen molar-refractivity contribution in [2.24, 2.45) is 0 Å². The lowest BCUT2D eigenvalue weighted by atomic mass is 10.2. The van der Waals surface area contributed by atoms with Crippen LogP contribution in [0.1, 0.15) is 10.4 Å². The molecule has 26 heavy (non-hydrogen) atoms. The van der Waals surface area contributed by atoms with Gasteiger partial charge in [-0.1, -0.05) is 11.6 Å². The van der Waals surface area contributed by atoms with Crippen LogP contribution in [0.3, 0.4) is 0 Å². The zero-order valence-corrected chi connectivity index (χ0v) is 15.3. The summed E-state index contributed by atoms with van der Waals surface area (Å²) >= 11 is 5.88. The van der Waals surface area contributed by atoms with Crippen molar-refractivity contribution in [2.45, 2.75) is 0 Å². The first-order valence-electron chi connectivity index (χ1n) is 7.50. The van der Waals surface area contributed by atoms with E-state index in [1.54, 1.807) is 30.3 Å². The summed E-state index contributed by atoms with van der Waals surface area (Å²) in [4.78, 5) is 24.2. The molecule has 0 unspecified atom stereocenters. The van der Waals surface area contributed by atoms with Crippen LogP contribution in [-0.2, 0) is 9.53 Å². The average molecular weight is 380 g/mol. The summed E-state index contributed by atoms with van der Waals surface area (Å²) in [6, 6.07) is 9.43. The number of ether oxygens (including phenoxy) is 4. The minimum Gasteiger partial charge on any atom is -0.497 e. The van der Waals surface area contributed by atoms with Crippen LogP contribution in [0, 0.1) is 0 Å². The predicted molar refractivity (Wildman–Crippen MR) is 96.5 cm³/mol. The van der Waals surface area contributed by atoms with E-state index in [4.69, 9.17) is 30.5 Å². The summed E-state index contributed by atoms with van der Waals surface area (Å²) in [7, 11) is 4.42. The Balaban J connectivity index is 2.01. The molecule has 0 aliphatic rings. The molecule has 0 fully saturated rings. The Hall–Kier alpha value is -2.93. The SMILES string of the molecule is COc1cc(NC(=O)COC(=O)c2cc(Cl)ccc2OC)cc(OC)c1. The summed E-state index contributed by atoms with van der Waals surface area (Å²) in [5, 5.41) is 2.96. The lowest BCUT2D eigenvalue weighted by Gasteiger charge is -2.11. The summed E-state index contributed by atoms with van der Waals surface area (Å²) in [5.41, 5.74) is 0.582. The monoisotopic (exact) mass is 379 g/mol. The highest BCUT2D eigenvalue weighted by molar-refractivity contribution is 6.31. The van der Waals surface area contributed by atoms with Gasteiger partial charge in [-0.3, -0.25) is 4.79 Å². The molecule has 0 atom stereocenters. The first kappa shape index (κ1) is 19.4. The van der Waals surface area contributed by atoms with E-state index in [2.05, 4.69) is 5.32 Å². The Morgan fingerprint density at radius 3 is 2.19 bits per heavy atom. The summed E-state index contributed by atoms with van der Waals surface area (Å²) in [5.74, 6) is 0.0929. The van der Waals surface area contributed by atoms with E-state index in [1.165, 1.54) is 27.4 Å². The largest absolute Gasteiger partial charge is 0.497 e. The van der Waals surface area contributed by atoms with E-state index in [1.807, 2.05) is 0 Å². The molecule has 0 radical (unpaired) electrons. The topological polar surface area (TPSA) is 83.1 Å². The second-order valence-corrected chi connectivity index (χ2v) is 5.51. The third-order valence-electron chi connectivity index (χ3n) is 3.35. The molecule has 2 rings (SSSR count). The van der Waals surface area contributed by atoms with Gasteiger partial charge < -0.3 is 24.3 Å². The molecule has 0 saturated heterocycles. The Kier molecular flexibility index (Phi) is 6.68. The van der Waals surface area contributed by atoms with Gasteiger partial charge in [0.05, 0.1) is 21.3 Å². The maximum atomic E-state index is 12.2. The molecule has 0 spiro atoms. The number of halogens is 1. The maximum Gasteiger partial charge on any atom is 0.342 e. The van der Waals surface area contributed by atoms with Crippen LogP contribution in [0.25, 0.3) is 0 Å². The molecule has 0 aliphatic heterocycles. The number of benzene rings is 2. The lowest BCUT2D eigenvalue weighted by Crippen LogP contribution is -2.21. The fourth-order valence-electron chi connectivity index (χ4n) is 2.13. The standard InChI is InChI=1S/C18H18ClNO6/c1-23-13-7-12(8-14(9-13)24-2)20-17(21)10-26-18(22)15-6-11(19)4-5-16(15)25-3/h4-9H,10H2,1-3H3,(H,20,21). The number of esters is 1. The number of hydrogen-bond donors (Lipinski definition) is 1. The average Bonchev–Trinajstić information content (AvgIpc) is 2.65. The third-order valence-corrected chi connectivity index (χ3v) is 3.59. The van der Waals surface area contributed by atoms with Gasteiger partial charge in [-0.15, -0.1) is 0 Å². The third kappa shape index (κ3) is 5.03. The van der Waals surface area contributed by atoms with Crippen molar-refractivity contribution in [3.05, 3.63) is 47.0 Å². The number of anilines is 1. The highest BCUT2D eigenvalue weighted by Gasteiger charge is 2.16. The van der Waals surface area contributed by atoms with Crippen molar-refractivity contribution in [1.82, 2.24) is 0 Å². The Morgan fingerprint density at radius 1 is 0.962 bits per heavy atom. The molecule has 7 nitrogen and oxygen atoms in total. The van der Waals surface area contributed by atoms with Gasteiger partial charge in [-0.05, 0) is 18.2 Å². The second-order valence-electron chi connectivity index (χ2n) is 5.07. The van der Waals surface area contributed by atoms with Gasteiger partial charge in [0.15, 0.2) is 6.61 Å². The highest BCUT2D eigenvalue weighted by atomic mass is 35.5. The Labute approximate surface area is 155 Å². The van der Waals surface area contributed by atoms with E-state index >= 15 is 0 Å². The van der Waals surface area contributed by atoms with Crippen LogP contribution in [-0.4, -0.2) is 39.8 Å². The molecule has 0 bridgehead atoms. The van der Waals surface area contributed by atoms with E-state index in [0.717, 1.165) is 0 Å². The smallest absolute Gasteiger partial charge is 0.342 e. The number of methoxy groups -OCH3 is 3. The highest BCUT2D eigenvalue weighted by Crippen LogP contribution is 2.26. The summed E-state index contributed by atoms with van der Waals surface area (Å²) < 4.78 is 20.4. The van der Waals surface area contributed by atoms with E-state index < -0.39 is 18.5 Å². The molecule has 138 valence electrons. The second kappa shape index (κ2) is 8.96. The van der Waals surface area contributed by atoms with E-state index in [-0.39, 0.29) is 5.56 Å². The number of nitrogens with one attached hydrogen (secondary N) is 1. The van der Waals surface area contributed by atoms with Crippen LogP contribution < -0.4 is 19.5 Å². The summed E-state index contributed by atoms with van der Waals surface area (Å²) in [6.45, 7) is -0.478. The molecular weight excluding hydrogens is 362 g/mol. The van der Waals surface area contributed by atoms with Crippen LogP contribution in [0.4, 0.5) is 5.69 Å². The Bertz CT molecular complexity index is 786. The molecule has 2 aromatic rings. The molecule has 0 aromatic heterocycles. The van der Waals surface area contributed by atoms with Gasteiger partial charge in [0.25, 0.3) is 5.91 Å². The van der Waals surface area contributed by atoms with Crippen LogP contribution in [0.15, 0.2) is 36.4 Å². The quantitative estimate of drug-likeness (QED) is 0.744.